The normalized spacial score (nSPS) is 11.2. The predicted octanol–water partition coefficient (Wildman–Crippen LogP) is 6.68. The summed E-state index contributed by atoms with van der Waals surface area (Å²) in [7, 11) is 0. The zero-order valence-electron chi connectivity index (χ0n) is 16.9. The van der Waals surface area contributed by atoms with Crippen molar-refractivity contribution in [3.05, 3.63) is 65.2 Å². The van der Waals surface area contributed by atoms with Gasteiger partial charge < -0.3 is 10.2 Å². The van der Waals surface area contributed by atoms with Gasteiger partial charge in [-0.1, -0.05) is 82.2 Å². The van der Waals surface area contributed by atoms with Gasteiger partial charge in [-0.3, -0.25) is 4.79 Å². The van der Waals surface area contributed by atoms with Gasteiger partial charge in [0.05, 0.1) is 5.56 Å². The summed E-state index contributed by atoms with van der Waals surface area (Å²) in [6.07, 6.45) is 14.9. The molecule has 2 aromatic carbocycles. The maximum Gasteiger partial charge on any atom is 0.189 e. The molecule has 0 aliphatic heterocycles. The van der Waals surface area contributed by atoms with Crippen molar-refractivity contribution in [2.75, 3.05) is 0 Å². The summed E-state index contributed by atoms with van der Waals surface area (Å²) in [5.74, 6) is -0.569. The molecule has 0 aromatic heterocycles. The van der Waals surface area contributed by atoms with Crippen LogP contribution in [0.25, 0.3) is 6.08 Å². The van der Waals surface area contributed by atoms with Gasteiger partial charge in [-0.2, -0.15) is 0 Å². The number of hydrogen-bond donors (Lipinski definition) is 2. The Labute approximate surface area is 168 Å². The Morgan fingerprint density at radius 3 is 2.14 bits per heavy atom. The van der Waals surface area contributed by atoms with E-state index in [4.69, 9.17) is 0 Å². The van der Waals surface area contributed by atoms with E-state index < -0.39 is 0 Å². The molecular formula is C25H32O3. The van der Waals surface area contributed by atoms with E-state index in [0.717, 1.165) is 12.0 Å². The third kappa shape index (κ3) is 7.59. The minimum Gasteiger partial charge on any atom is -0.508 e. The van der Waals surface area contributed by atoms with Gasteiger partial charge in [0, 0.05) is 6.07 Å². The second-order valence-corrected chi connectivity index (χ2v) is 7.37. The number of carbonyl (C=O) groups is 1. The number of phenols is 2. The van der Waals surface area contributed by atoms with Gasteiger partial charge in [-0.15, -0.1) is 0 Å². The van der Waals surface area contributed by atoms with Crippen LogP contribution in [0, 0.1) is 0 Å². The van der Waals surface area contributed by atoms with Crippen LogP contribution in [0.5, 0.6) is 11.5 Å². The van der Waals surface area contributed by atoms with Crippen molar-refractivity contribution in [1.29, 1.82) is 0 Å². The highest BCUT2D eigenvalue weighted by Gasteiger charge is 2.08. The number of aryl methyl sites for hydroxylation is 1. The van der Waals surface area contributed by atoms with E-state index in [0.29, 0.717) is 0 Å². The molecule has 150 valence electrons. The molecule has 0 spiro atoms. The van der Waals surface area contributed by atoms with Crippen LogP contribution in [0.3, 0.4) is 0 Å². The first-order chi connectivity index (χ1) is 13.6. The second-order valence-electron chi connectivity index (χ2n) is 7.37. The molecule has 0 amide bonds. The Balaban J connectivity index is 1.74. The van der Waals surface area contributed by atoms with E-state index in [1.165, 1.54) is 81.2 Å². The van der Waals surface area contributed by atoms with E-state index in [-0.39, 0.29) is 22.8 Å². The van der Waals surface area contributed by atoms with Crippen molar-refractivity contribution >= 4 is 11.9 Å². The molecule has 0 unspecified atom stereocenters. The van der Waals surface area contributed by atoms with Gasteiger partial charge in [0.25, 0.3) is 0 Å². The Morgan fingerprint density at radius 1 is 0.857 bits per heavy atom. The number of phenolic OH excluding ortho intramolecular Hbond substituents is 2. The highest BCUT2D eigenvalue weighted by atomic mass is 16.3. The lowest BCUT2D eigenvalue weighted by atomic mass is 10.0. The fourth-order valence-corrected chi connectivity index (χ4v) is 3.25. The number of hydrogen-bond acceptors (Lipinski definition) is 3. The zero-order chi connectivity index (χ0) is 20.2. The van der Waals surface area contributed by atoms with E-state index in [1.54, 1.807) is 6.08 Å². The topological polar surface area (TPSA) is 57.5 Å². The van der Waals surface area contributed by atoms with Crippen LogP contribution in [0.15, 0.2) is 48.5 Å². The SMILES string of the molecule is CCCCCCCCCCc1ccc(/C=C/C(=O)c2ccc(O)cc2O)cc1. The molecule has 0 aliphatic carbocycles. The monoisotopic (exact) mass is 380 g/mol. The van der Waals surface area contributed by atoms with Gasteiger partial charge >= 0.3 is 0 Å². The Kier molecular flexibility index (Phi) is 9.33. The summed E-state index contributed by atoms with van der Waals surface area (Å²) < 4.78 is 0. The number of carbonyl (C=O) groups excluding carboxylic acids is 1. The summed E-state index contributed by atoms with van der Waals surface area (Å²) in [5.41, 5.74) is 2.46. The van der Waals surface area contributed by atoms with Gasteiger partial charge in [0.15, 0.2) is 5.78 Å². The average molecular weight is 381 g/mol. The Hall–Kier alpha value is -2.55. The molecule has 0 aliphatic rings. The smallest absolute Gasteiger partial charge is 0.189 e. The van der Waals surface area contributed by atoms with Crippen LogP contribution in [0.1, 0.15) is 79.8 Å². The summed E-state index contributed by atoms with van der Waals surface area (Å²) in [6.45, 7) is 2.25. The van der Waals surface area contributed by atoms with Gasteiger partial charge in [-0.25, -0.2) is 0 Å². The lowest BCUT2D eigenvalue weighted by molar-refractivity contribution is 0.104. The first kappa shape index (κ1) is 21.7. The number of allylic oxidation sites excluding steroid dienone is 1. The van der Waals surface area contributed by atoms with Gasteiger partial charge in [-0.05, 0) is 42.2 Å². The zero-order valence-corrected chi connectivity index (χ0v) is 16.9. The molecule has 3 heteroatoms. The molecule has 28 heavy (non-hydrogen) atoms. The fraction of sp³-hybridized carbons (Fsp3) is 0.400. The third-order valence-corrected chi connectivity index (χ3v) is 4.97. The van der Waals surface area contributed by atoms with Crippen LogP contribution in [0.4, 0.5) is 0 Å². The molecule has 0 fully saturated rings. The Morgan fingerprint density at radius 2 is 1.50 bits per heavy atom. The molecule has 2 rings (SSSR count). The van der Waals surface area contributed by atoms with Crippen LogP contribution in [0.2, 0.25) is 0 Å². The highest BCUT2D eigenvalue weighted by molar-refractivity contribution is 6.08. The molecule has 0 radical (unpaired) electrons. The lowest BCUT2D eigenvalue weighted by Gasteiger charge is -2.04. The predicted molar refractivity (Wildman–Crippen MR) is 116 cm³/mol. The molecule has 2 N–H and O–H groups in total. The van der Waals surface area contributed by atoms with E-state index in [9.17, 15) is 15.0 Å². The first-order valence-electron chi connectivity index (χ1n) is 10.4. The molecule has 0 bridgehead atoms. The number of ketones is 1. The molecule has 0 heterocycles. The largest absolute Gasteiger partial charge is 0.508 e. The summed E-state index contributed by atoms with van der Waals surface area (Å²) in [4.78, 5) is 12.2. The minimum absolute atomic E-state index is 0.0647. The van der Waals surface area contributed by atoms with Crippen LogP contribution in [-0.4, -0.2) is 16.0 Å². The number of unbranched alkanes of at least 4 members (excludes halogenated alkanes) is 7. The number of aromatic hydroxyl groups is 2. The van der Waals surface area contributed by atoms with E-state index in [2.05, 4.69) is 19.1 Å². The summed E-state index contributed by atoms with van der Waals surface area (Å²) in [6, 6.07) is 12.2. The Bertz CT molecular complexity index is 760. The minimum atomic E-state index is -0.291. The van der Waals surface area contributed by atoms with Gasteiger partial charge in [0.1, 0.15) is 11.5 Å². The number of rotatable bonds is 12. The number of benzene rings is 2. The van der Waals surface area contributed by atoms with Crippen LogP contribution >= 0.6 is 0 Å². The fourth-order valence-electron chi connectivity index (χ4n) is 3.25. The third-order valence-electron chi connectivity index (χ3n) is 4.97. The van der Waals surface area contributed by atoms with Crippen molar-refractivity contribution in [2.24, 2.45) is 0 Å². The molecule has 0 saturated heterocycles. The van der Waals surface area contributed by atoms with Crippen LogP contribution in [-0.2, 0) is 6.42 Å². The maximum absolute atomic E-state index is 12.2. The van der Waals surface area contributed by atoms with E-state index in [1.807, 2.05) is 12.1 Å². The standard InChI is InChI=1S/C25H32O3/c1-2-3-4-5-6-7-8-9-10-20-11-13-21(14-12-20)15-18-24(27)23-17-16-22(26)19-25(23)28/h11-19,26,28H,2-10H2,1H3/b18-15+. The average Bonchev–Trinajstić information content (AvgIpc) is 2.69. The molecule has 0 saturated carbocycles. The van der Waals surface area contributed by atoms with Gasteiger partial charge in [0.2, 0.25) is 0 Å². The summed E-state index contributed by atoms with van der Waals surface area (Å²) >= 11 is 0. The van der Waals surface area contributed by atoms with Crippen molar-refractivity contribution in [3.63, 3.8) is 0 Å². The highest BCUT2D eigenvalue weighted by Crippen LogP contribution is 2.23. The van der Waals surface area contributed by atoms with Crippen molar-refractivity contribution in [2.45, 2.75) is 64.7 Å². The quantitative estimate of drug-likeness (QED) is 0.245. The van der Waals surface area contributed by atoms with Crippen molar-refractivity contribution in [1.82, 2.24) is 0 Å². The lowest BCUT2D eigenvalue weighted by Crippen LogP contribution is -1.94. The van der Waals surface area contributed by atoms with Crippen LogP contribution < -0.4 is 0 Å². The van der Waals surface area contributed by atoms with Crippen molar-refractivity contribution < 1.29 is 15.0 Å². The molecule has 3 nitrogen and oxygen atoms in total. The van der Waals surface area contributed by atoms with E-state index >= 15 is 0 Å². The first-order valence-corrected chi connectivity index (χ1v) is 10.4. The summed E-state index contributed by atoms with van der Waals surface area (Å²) in [5, 5.41) is 19.1. The van der Waals surface area contributed by atoms with Crippen molar-refractivity contribution in [3.8, 4) is 11.5 Å². The molecular weight excluding hydrogens is 348 g/mol. The molecule has 2 aromatic rings. The second kappa shape index (κ2) is 12.0. The molecule has 0 atom stereocenters. The maximum atomic E-state index is 12.2.